The van der Waals surface area contributed by atoms with E-state index in [-0.39, 0.29) is 5.66 Å². The van der Waals surface area contributed by atoms with Crippen LogP contribution in [0, 0.1) is 0 Å². The molecule has 0 rings (SSSR count). The zero-order valence-corrected chi connectivity index (χ0v) is 14.3. The summed E-state index contributed by atoms with van der Waals surface area (Å²) in [6, 6.07) is 0. The molecule has 0 saturated carbocycles. The van der Waals surface area contributed by atoms with Gasteiger partial charge >= 0.3 is 0 Å². The second-order valence-electron chi connectivity index (χ2n) is 5.36. The van der Waals surface area contributed by atoms with Crippen LogP contribution in [0.3, 0.4) is 0 Å². The summed E-state index contributed by atoms with van der Waals surface area (Å²) in [5.41, 5.74) is 3.48. The Morgan fingerprint density at radius 2 is 1.53 bits per heavy atom. The lowest BCUT2D eigenvalue weighted by molar-refractivity contribution is -0.0443. The van der Waals surface area contributed by atoms with Gasteiger partial charge in [0.15, 0.2) is 0 Å². The Morgan fingerprint density at radius 3 is 1.84 bits per heavy atom. The predicted molar refractivity (Wildman–Crippen MR) is 85.2 cm³/mol. The molecule has 0 saturated heterocycles. The van der Waals surface area contributed by atoms with E-state index >= 15 is 0 Å². The molecule has 0 aliphatic heterocycles. The molecule has 4 nitrogen and oxygen atoms in total. The van der Waals surface area contributed by atoms with Gasteiger partial charge in [0.2, 0.25) is 0 Å². The molecule has 1 N–H and O–H groups in total. The summed E-state index contributed by atoms with van der Waals surface area (Å²) in [5, 5.41) is 2.33. The molecule has 0 spiro atoms. The lowest BCUT2D eigenvalue weighted by atomic mass is 9.98. The van der Waals surface area contributed by atoms with Crippen LogP contribution in [0.25, 0.3) is 0 Å². The van der Waals surface area contributed by atoms with Crippen molar-refractivity contribution in [2.45, 2.75) is 52.6 Å². The van der Waals surface area contributed by atoms with Crippen LogP contribution in [0.5, 0.6) is 0 Å². The molecule has 0 heterocycles. The highest BCUT2D eigenvalue weighted by molar-refractivity contribution is 4.87. The molecule has 0 aliphatic rings. The van der Waals surface area contributed by atoms with Gasteiger partial charge in [-0.2, -0.15) is 0 Å². The molecule has 0 aromatic rings. The van der Waals surface area contributed by atoms with Crippen molar-refractivity contribution in [3.63, 3.8) is 0 Å². The van der Waals surface area contributed by atoms with Crippen LogP contribution in [0.15, 0.2) is 0 Å². The van der Waals surface area contributed by atoms with Gasteiger partial charge in [0.25, 0.3) is 0 Å². The fraction of sp³-hybridized carbons (Fsp3) is 1.00. The molecule has 19 heavy (non-hydrogen) atoms. The van der Waals surface area contributed by atoms with Gasteiger partial charge in [0.1, 0.15) is 0 Å². The van der Waals surface area contributed by atoms with Crippen molar-refractivity contribution < 1.29 is 0 Å². The second kappa shape index (κ2) is 9.70. The largest absolute Gasteiger partial charge is 0.291 e. The van der Waals surface area contributed by atoms with Crippen LogP contribution in [-0.4, -0.2) is 67.8 Å². The van der Waals surface area contributed by atoms with Gasteiger partial charge in [-0.05, 0) is 53.5 Å². The Labute approximate surface area is 121 Å². The van der Waals surface area contributed by atoms with Gasteiger partial charge in [-0.15, -0.1) is 0 Å². The number of hydrogen-bond acceptors (Lipinski definition) is 4. The topological polar surface area (TPSA) is 21.8 Å². The van der Waals surface area contributed by atoms with Crippen LogP contribution in [0.1, 0.15) is 47.0 Å². The molecule has 0 aliphatic carbocycles. The van der Waals surface area contributed by atoms with Crippen molar-refractivity contribution in [3.05, 3.63) is 0 Å². The van der Waals surface area contributed by atoms with Crippen LogP contribution in [-0.2, 0) is 0 Å². The van der Waals surface area contributed by atoms with Crippen molar-refractivity contribution >= 4 is 0 Å². The monoisotopic (exact) mass is 272 g/mol. The molecule has 1 atom stereocenters. The number of nitrogens with zero attached hydrogens (tertiary/aromatic N) is 3. The normalized spacial score (nSPS) is 15.5. The first-order chi connectivity index (χ1) is 9.02. The molecule has 4 heteroatoms. The van der Waals surface area contributed by atoms with Crippen LogP contribution in [0.2, 0.25) is 0 Å². The lowest BCUT2D eigenvalue weighted by Crippen LogP contribution is -2.59. The van der Waals surface area contributed by atoms with E-state index in [9.17, 15) is 0 Å². The average Bonchev–Trinajstić information content (AvgIpc) is 2.41. The Balaban J connectivity index is 4.84. The molecule has 0 aromatic carbocycles. The van der Waals surface area contributed by atoms with Crippen LogP contribution >= 0.6 is 0 Å². The minimum Gasteiger partial charge on any atom is -0.291 e. The fourth-order valence-corrected chi connectivity index (χ4v) is 3.11. The molecular weight excluding hydrogens is 236 g/mol. The van der Waals surface area contributed by atoms with E-state index in [1.165, 1.54) is 12.8 Å². The summed E-state index contributed by atoms with van der Waals surface area (Å²) in [4.78, 5) is 4.99. The maximum Gasteiger partial charge on any atom is 0.0742 e. The van der Waals surface area contributed by atoms with E-state index in [0.29, 0.717) is 0 Å². The maximum atomic E-state index is 3.31. The van der Waals surface area contributed by atoms with E-state index in [0.717, 1.165) is 32.6 Å². The van der Waals surface area contributed by atoms with Crippen molar-refractivity contribution in [1.29, 1.82) is 0 Å². The summed E-state index contributed by atoms with van der Waals surface area (Å²) in [5.74, 6) is 0. The number of nitrogens with one attached hydrogen (secondary N) is 1. The number of rotatable bonds is 11. The van der Waals surface area contributed by atoms with E-state index in [1.54, 1.807) is 0 Å². The Kier molecular flexibility index (Phi) is 9.62. The van der Waals surface area contributed by atoms with Crippen LogP contribution < -0.4 is 5.43 Å². The number of hydrazine groups is 1. The standard InChI is InChI=1S/C15H36N4/c1-8-13-19(16-5)14-12-15(9-2,17(6)7)18(10-3)11-4/h16H,8-14H2,1-7H3. The number of hydrogen-bond donors (Lipinski definition) is 1. The van der Waals surface area contributed by atoms with Gasteiger partial charge in [-0.3, -0.25) is 15.2 Å². The first-order valence-corrected chi connectivity index (χ1v) is 7.87. The Hall–Kier alpha value is -0.160. The second-order valence-corrected chi connectivity index (χ2v) is 5.36. The minimum absolute atomic E-state index is 0.173. The zero-order valence-electron chi connectivity index (χ0n) is 14.3. The molecule has 116 valence electrons. The van der Waals surface area contributed by atoms with Gasteiger partial charge in [-0.1, -0.05) is 27.7 Å². The molecule has 0 radical (unpaired) electrons. The summed E-state index contributed by atoms with van der Waals surface area (Å²) in [6.45, 7) is 13.5. The third kappa shape index (κ3) is 5.03. The quantitative estimate of drug-likeness (QED) is 0.460. The summed E-state index contributed by atoms with van der Waals surface area (Å²) in [6.07, 6.45) is 3.51. The highest BCUT2D eigenvalue weighted by atomic mass is 15.5. The minimum atomic E-state index is 0.173. The summed E-state index contributed by atoms with van der Waals surface area (Å²) < 4.78 is 0. The van der Waals surface area contributed by atoms with Crippen molar-refractivity contribution in [2.75, 3.05) is 47.3 Å². The highest BCUT2D eigenvalue weighted by Gasteiger charge is 2.35. The first-order valence-electron chi connectivity index (χ1n) is 7.87. The predicted octanol–water partition coefficient (Wildman–Crippen LogP) is 2.23. The van der Waals surface area contributed by atoms with Crippen molar-refractivity contribution in [2.24, 2.45) is 0 Å². The molecule has 0 amide bonds. The first kappa shape index (κ1) is 18.8. The van der Waals surface area contributed by atoms with E-state index in [1.807, 2.05) is 7.05 Å². The maximum absolute atomic E-state index is 3.31. The fourth-order valence-electron chi connectivity index (χ4n) is 3.11. The zero-order chi connectivity index (χ0) is 14.9. The molecule has 0 bridgehead atoms. The average molecular weight is 272 g/mol. The smallest absolute Gasteiger partial charge is 0.0742 e. The van der Waals surface area contributed by atoms with Gasteiger partial charge < -0.3 is 0 Å². The SMILES string of the molecule is CCCN(CCC(CC)(N(C)C)N(CC)CC)NC. The van der Waals surface area contributed by atoms with Crippen molar-refractivity contribution in [1.82, 2.24) is 20.2 Å². The third-order valence-corrected chi connectivity index (χ3v) is 4.34. The summed E-state index contributed by atoms with van der Waals surface area (Å²) in [7, 11) is 6.45. The van der Waals surface area contributed by atoms with Gasteiger partial charge in [0.05, 0.1) is 5.66 Å². The summed E-state index contributed by atoms with van der Waals surface area (Å²) >= 11 is 0. The van der Waals surface area contributed by atoms with E-state index in [4.69, 9.17) is 0 Å². The highest BCUT2D eigenvalue weighted by Crippen LogP contribution is 2.26. The third-order valence-electron chi connectivity index (χ3n) is 4.34. The molecule has 1 unspecified atom stereocenters. The van der Waals surface area contributed by atoms with Crippen molar-refractivity contribution in [3.8, 4) is 0 Å². The van der Waals surface area contributed by atoms with Gasteiger partial charge in [0, 0.05) is 13.1 Å². The molecule has 0 aromatic heterocycles. The van der Waals surface area contributed by atoms with Crippen LogP contribution in [0.4, 0.5) is 0 Å². The molecular formula is C15H36N4. The molecule has 0 fully saturated rings. The Morgan fingerprint density at radius 1 is 0.947 bits per heavy atom. The lowest BCUT2D eigenvalue weighted by Gasteiger charge is -2.48. The van der Waals surface area contributed by atoms with E-state index < -0.39 is 0 Å². The Bertz CT molecular complexity index is 216. The van der Waals surface area contributed by atoms with E-state index in [2.05, 4.69) is 62.0 Å². The van der Waals surface area contributed by atoms with Gasteiger partial charge in [-0.25, -0.2) is 5.01 Å².